The first kappa shape index (κ1) is 19.2. The van der Waals surface area contributed by atoms with Gasteiger partial charge in [-0.05, 0) is 56.7 Å². The zero-order chi connectivity index (χ0) is 18.6. The minimum atomic E-state index is -0.507. The summed E-state index contributed by atoms with van der Waals surface area (Å²) in [6.07, 6.45) is 1.15. The van der Waals surface area contributed by atoms with Crippen molar-refractivity contribution in [3.63, 3.8) is 0 Å². The van der Waals surface area contributed by atoms with Crippen LogP contribution in [0.4, 0.5) is 9.18 Å². The highest BCUT2D eigenvalue weighted by atomic mass is 19.1. The topological polar surface area (TPSA) is 55.8 Å². The second-order valence-corrected chi connectivity index (χ2v) is 7.35. The van der Waals surface area contributed by atoms with Gasteiger partial charge in [-0.25, -0.2) is 9.18 Å². The number of rotatable bonds is 3. The smallest absolute Gasteiger partial charge is 0.410 e. The Hall–Kier alpha value is -2.11. The van der Waals surface area contributed by atoms with E-state index in [1.165, 1.54) is 13.2 Å². The van der Waals surface area contributed by atoms with E-state index in [0.29, 0.717) is 18.7 Å². The number of halogens is 1. The predicted octanol–water partition coefficient (Wildman–Crippen LogP) is 3.66. The average molecular weight is 351 g/mol. The molecule has 0 aromatic heterocycles. The molecule has 1 saturated heterocycles. The van der Waals surface area contributed by atoms with Crippen molar-refractivity contribution < 1.29 is 23.5 Å². The van der Waals surface area contributed by atoms with Crippen molar-refractivity contribution in [2.24, 2.45) is 0 Å². The highest BCUT2D eigenvalue weighted by Gasteiger charge is 2.27. The van der Waals surface area contributed by atoms with Gasteiger partial charge >= 0.3 is 12.1 Å². The van der Waals surface area contributed by atoms with Crippen LogP contribution in [0.2, 0.25) is 0 Å². The highest BCUT2D eigenvalue weighted by molar-refractivity contribution is 5.72. The Balaban J connectivity index is 1.95. The van der Waals surface area contributed by atoms with Gasteiger partial charge in [0.25, 0.3) is 0 Å². The first-order valence-corrected chi connectivity index (χ1v) is 8.52. The Morgan fingerprint density at radius 2 is 1.88 bits per heavy atom. The molecule has 1 aliphatic heterocycles. The van der Waals surface area contributed by atoms with Crippen LogP contribution in [0, 0.1) is 5.82 Å². The number of methoxy groups -OCH3 is 1. The summed E-state index contributed by atoms with van der Waals surface area (Å²) >= 11 is 0. The fraction of sp³-hybridized carbons (Fsp3) is 0.579. The van der Waals surface area contributed by atoms with Gasteiger partial charge in [0.2, 0.25) is 0 Å². The third-order valence-corrected chi connectivity index (χ3v) is 4.26. The minimum Gasteiger partial charge on any atom is -0.469 e. The lowest BCUT2D eigenvalue weighted by Gasteiger charge is -2.33. The standard InChI is InChI=1S/C19H26FNO4/c1-19(2,3)25-18(23)21-9-7-13(8-10-21)14-5-6-15(16(20)11-14)12-17(22)24-4/h5-6,11,13H,7-10,12H2,1-4H3. The first-order valence-electron chi connectivity index (χ1n) is 8.52. The Morgan fingerprint density at radius 1 is 1.24 bits per heavy atom. The average Bonchev–Trinajstić information content (AvgIpc) is 2.55. The molecule has 0 bridgehead atoms. The van der Waals surface area contributed by atoms with E-state index in [4.69, 9.17) is 4.74 Å². The first-order chi connectivity index (χ1) is 11.7. The molecule has 5 nitrogen and oxygen atoms in total. The van der Waals surface area contributed by atoms with E-state index in [1.54, 1.807) is 11.0 Å². The summed E-state index contributed by atoms with van der Waals surface area (Å²) in [5.41, 5.74) is 0.726. The third kappa shape index (κ3) is 5.44. The zero-order valence-electron chi connectivity index (χ0n) is 15.3. The van der Waals surface area contributed by atoms with E-state index in [-0.39, 0.29) is 18.4 Å². The SMILES string of the molecule is COC(=O)Cc1ccc(C2CCN(C(=O)OC(C)(C)C)CC2)cc1F. The number of nitrogens with zero attached hydrogens (tertiary/aromatic N) is 1. The molecule has 1 heterocycles. The monoisotopic (exact) mass is 351 g/mol. The second-order valence-electron chi connectivity index (χ2n) is 7.35. The molecule has 1 amide bonds. The molecule has 0 atom stereocenters. The summed E-state index contributed by atoms with van der Waals surface area (Å²) in [6.45, 7) is 6.71. The van der Waals surface area contributed by atoms with Gasteiger partial charge in [-0.3, -0.25) is 4.79 Å². The Morgan fingerprint density at radius 3 is 2.40 bits per heavy atom. The van der Waals surface area contributed by atoms with Gasteiger partial charge in [-0.15, -0.1) is 0 Å². The van der Waals surface area contributed by atoms with Crippen LogP contribution in [-0.4, -0.2) is 42.8 Å². The minimum absolute atomic E-state index is 0.0697. The van der Waals surface area contributed by atoms with Crippen LogP contribution in [-0.2, 0) is 20.7 Å². The molecular formula is C19H26FNO4. The van der Waals surface area contributed by atoms with Gasteiger partial charge in [-0.1, -0.05) is 12.1 Å². The molecule has 6 heteroatoms. The van der Waals surface area contributed by atoms with Gasteiger partial charge in [0.15, 0.2) is 0 Å². The molecule has 25 heavy (non-hydrogen) atoms. The van der Waals surface area contributed by atoms with Crippen molar-refractivity contribution in [3.8, 4) is 0 Å². The van der Waals surface area contributed by atoms with Crippen molar-refractivity contribution in [1.82, 2.24) is 4.90 Å². The molecule has 1 fully saturated rings. The molecule has 0 unspecified atom stereocenters. The number of carbonyl (C=O) groups is 2. The molecular weight excluding hydrogens is 325 g/mol. The van der Waals surface area contributed by atoms with Crippen LogP contribution < -0.4 is 0 Å². The number of esters is 1. The van der Waals surface area contributed by atoms with E-state index >= 15 is 0 Å². The lowest BCUT2D eigenvalue weighted by atomic mass is 9.88. The van der Waals surface area contributed by atoms with Crippen molar-refractivity contribution in [3.05, 3.63) is 35.1 Å². The molecule has 0 N–H and O–H groups in total. The summed E-state index contributed by atoms with van der Waals surface area (Å²) in [4.78, 5) is 25.1. The Labute approximate surface area is 148 Å². The van der Waals surface area contributed by atoms with Gasteiger partial charge in [0, 0.05) is 13.1 Å². The lowest BCUT2D eigenvalue weighted by Crippen LogP contribution is -2.41. The summed E-state index contributed by atoms with van der Waals surface area (Å²) in [7, 11) is 1.28. The maximum atomic E-state index is 14.2. The molecule has 0 spiro atoms. The number of ether oxygens (including phenoxy) is 2. The molecule has 0 radical (unpaired) electrons. The van der Waals surface area contributed by atoms with Crippen LogP contribution in [0.15, 0.2) is 18.2 Å². The highest BCUT2D eigenvalue weighted by Crippen LogP contribution is 2.30. The zero-order valence-corrected chi connectivity index (χ0v) is 15.3. The van der Waals surface area contributed by atoms with E-state index in [0.717, 1.165) is 18.4 Å². The molecule has 0 saturated carbocycles. The van der Waals surface area contributed by atoms with Gasteiger partial charge in [-0.2, -0.15) is 0 Å². The van der Waals surface area contributed by atoms with Gasteiger partial charge in [0.1, 0.15) is 11.4 Å². The molecule has 2 rings (SSSR count). The molecule has 1 aliphatic rings. The van der Waals surface area contributed by atoms with Gasteiger partial charge in [0.05, 0.1) is 13.5 Å². The van der Waals surface area contributed by atoms with Crippen LogP contribution in [0.3, 0.4) is 0 Å². The van der Waals surface area contributed by atoms with Crippen LogP contribution in [0.25, 0.3) is 0 Å². The van der Waals surface area contributed by atoms with E-state index in [1.807, 2.05) is 26.8 Å². The van der Waals surface area contributed by atoms with Crippen molar-refractivity contribution in [1.29, 1.82) is 0 Å². The fourth-order valence-electron chi connectivity index (χ4n) is 2.91. The largest absolute Gasteiger partial charge is 0.469 e. The number of likely N-dealkylation sites (tertiary alicyclic amines) is 1. The number of benzene rings is 1. The van der Waals surface area contributed by atoms with Crippen molar-refractivity contribution in [2.75, 3.05) is 20.2 Å². The number of piperidine rings is 1. The quantitative estimate of drug-likeness (QED) is 0.780. The second kappa shape index (κ2) is 7.85. The summed E-state index contributed by atoms with van der Waals surface area (Å²) in [6, 6.07) is 4.99. The van der Waals surface area contributed by atoms with Crippen LogP contribution in [0.1, 0.15) is 50.7 Å². The molecule has 0 aliphatic carbocycles. The number of carbonyl (C=O) groups excluding carboxylic acids is 2. The molecule has 1 aromatic rings. The van der Waals surface area contributed by atoms with Crippen molar-refractivity contribution in [2.45, 2.75) is 51.6 Å². The lowest BCUT2D eigenvalue weighted by molar-refractivity contribution is -0.139. The normalized spacial score (nSPS) is 15.8. The van der Waals surface area contributed by atoms with Crippen LogP contribution in [0.5, 0.6) is 0 Å². The summed E-state index contributed by atoms with van der Waals surface area (Å²) < 4.78 is 24.2. The predicted molar refractivity (Wildman–Crippen MR) is 91.9 cm³/mol. The number of hydrogen-bond donors (Lipinski definition) is 0. The maximum Gasteiger partial charge on any atom is 0.410 e. The van der Waals surface area contributed by atoms with Crippen LogP contribution >= 0.6 is 0 Å². The third-order valence-electron chi connectivity index (χ3n) is 4.26. The Kier molecular flexibility index (Phi) is 6.03. The Bertz CT molecular complexity index is 631. The van der Waals surface area contributed by atoms with E-state index < -0.39 is 17.4 Å². The summed E-state index contributed by atoms with van der Waals surface area (Å²) in [5.74, 6) is -0.657. The molecule has 138 valence electrons. The van der Waals surface area contributed by atoms with Gasteiger partial charge < -0.3 is 14.4 Å². The van der Waals surface area contributed by atoms with Crippen molar-refractivity contribution >= 4 is 12.1 Å². The van der Waals surface area contributed by atoms with E-state index in [9.17, 15) is 14.0 Å². The number of hydrogen-bond acceptors (Lipinski definition) is 4. The summed E-state index contributed by atoms with van der Waals surface area (Å²) in [5, 5.41) is 0. The maximum absolute atomic E-state index is 14.2. The van der Waals surface area contributed by atoms with E-state index in [2.05, 4.69) is 4.74 Å². The fourth-order valence-corrected chi connectivity index (χ4v) is 2.91. The molecule has 1 aromatic carbocycles. The number of amides is 1.